The van der Waals surface area contributed by atoms with Crippen LogP contribution in [0.4, 0.5) is 0 Å². The predicted molar refractivity (Wildman–Crippen MR) is 87.8 cm³/mol. The zero-order chi connectivity index (χ0) is 16.3. The summed E-state index contributed by atoms with van der Waals surface area (Å²) in [6.07, 6.45) is 3.91. The molecule has 0 unspecified atom stereocenters. The molecule has 2 aliphatic carbocycles. The zero-order valence-electron chi connectivity index (χ0n) is 13.5. The van der Waals surface area contributed by atoms with Crippen molar-refractivity contribution in [3.05, 3.63) is 35.9 Å². The molecule has 120 valence electrons. The standard InChI is InChI=1S/C20H22O3/c1-23-17(12-11-15-7-3-2-4-8-15)19-16(21)9-5-13-20(19)14-6-10-18(20)22/h2-4,7-8,17,19H,5-6,9-10,13-14H2,1H3/t17-,19-,20-/m0/s1. The van der Waals surface area contributed by atoms with E-state index in [4.69, 9.17) is 4.74 Å². The quantitative estimate of drug-likeness (QED) is 0.788. The lowest BCUT2D eigenvalue weighted by molar-refractivity contribution is -0.146. The van der Waals surface area contributed by atoms with Gasteiger partial charge in [-0.15, -0.1) is 0 Å². The molecule has 1 aromatic carbocycles. The van der Waals surface area contributed by atoms with Gasteiger partial charge in [-0.3, -0.25) is 9.59 Å². The molecule has 0 heterocycles. The summed E-state index contributed by atoms with van der Waals surface area (Å²) in [6.45, 7) is 0. The smallest absolute Gasteiger partial charge is 0.140 e. The first-order chi connectivity index (χ1) is 11.2. The molecule has 2 fully saturated rings. The molecule has 23 heavy (non-hydrogen) atoms. The highest BCUT2D eigenvalue weighted by molar-refractivity contribution is 5.95. The SMILES string of the molecule is CO[C@@H](C#Cc1ccccc1)[C@@H]1C(=O)CCC[C@@]12CCCC2=O. The molecular weight excluding hydrogens is 288 g/mol. The van der Waals surface area contributed by atoms with Crippen LogP contribution in [0.25, 0.3) is 0 Å². The molecule has 2 saturated carbocycles. The molecule has 0 amide bonds. The number of hydrogen-bond donors (Lipinski definition) is 0. The zero-order valence-corrected chi connectivity index (χ0v) is 13.5. The largest absolute Gasteiger partial charge is 0.368 e. The van der Waals surface area contributed by atoms with Gasteiger partial charge in [0.05, 0.1) is 5.92 Å². The average Bonchev–Trinajstić information content (AvgIpc) is 2.92. The van der Waals surface area contributed by atoms with E-state index in [9.17, 15) is 9.59 Å². The van der Waals surface area contributed by atoms with Crippen molar-refractivity contribution in [1.29, 1.82) is 0 Å². The van der Waals surface area contributed by atoms with Crippen LogP contribution in [0.15, 0.2) is 30.3 Å². The third-order valence-electron chi connectivity index (χ3n) is 5.26. The van der Waals surface area contributed by atoms with Gasteiger partial charge in [0.25, 0.3) is 0 Å². The van der Waals surface area contributed by atoms with Gasteiger partial charge in [0.15, 0.2) is 0 Å². The fourth-order valence-corrected chi connectivity index (χ4v) is 4.16. The minimum Gasteiger partial charge on any atom is -0.368 e. The van der Waals surface area contributed by atoms with Gasteiger partial charge in [0.1, 0.15) is 17.7 Å². The summed E-state index contributed by atoms with van der Waals surface area (Å²) in [5.74, 6) is 6.17. The first kappa shape index (κ1) is 16.0. The molecule has 0 bridgehead atoms. The lowest BCUT2D eigenvalue weighted by Crippen LogP contribution is -2.48. The number of ketones is 2. The van der Waals surface area contributed by atoms with E-state index in [0.29, 0.717) is 12.8 Å². The van der Waals surface area contributed by atoms with Crippen molar-refractivity contribution in [2.45, 2.75) is 44.6 Å². The van der Waals surface area contributed by atoms with Gasteiger partial charge in [-0.05, 0) is 37.8 Å². The molecule has 0 saturated heterocycles. The van der Waals surface area contributed by atoms with E-state index in [1.807, 2.05) is 30.3 Å². The molecule has 1 spiro atoms. The molecule has 2 aliphatic rings. The molecule has 3 atom stereocenters. The number of Topliss-reactive ketones (excluding diaryl/α,β-unsaturated/α-hetero) is 2. The van der Waals surface area contributed by atoms with E-state index >= 15 is 0 Å². The monoisotopic (exact) mass is 310 g/mol. The lowest BCUT2D eigenvalue weighted by atomic mass is 9.62. The van der Waals surface area contributed by atoms with Gasteiger partial charge in [-0.2, -0.15) is 0 Å². The van der Waals surface area contributed by atoms with Crippen LogP contribution in [0.5, 0.6) is 0 Å². The van der Waals surface area contributed by atoms with Crippen molar-refractivity contribution in [2.24, 2.45) is 11.3 Å². The van der Waals surface area contributed by atoms with E-state index in [2.05, 4.69) is 11.8 Å². The summed E-state index contributed by atoms with van der Waals surface area (Å²) in [5, 5.41) is 0. The van der Waals surface area contributed by atoms with Crippen LogP contribution in [0, 0.1) is 23.2 Å². The van der Waals surface area contributed by atoms with Crippen LogP contribution in [0.2, 0.25) is 0 Å². The van der Waals surface area contributed by atoms with E-state index in [-0.39, 0.29) is 11.6 Å². The van der Waals surface area contributed by atoms with E-state index in [1.54, 1.807) is 7.11 Å². The molecule has 3 rings (SSSR count). The van der Waals surface area contributed by atoms with E-state index < -0.39 is 17.4 Å². The predicted octanol–water partition coefficient (Wildman–Crippen LogP) is 3.16. The highest BCUT2D eigenvalue weighted by Crippen LogP contribution is 2.50. The first-order valence-corrected chi connectivity index (χ1v) is 8.33. The van der Waals surface area contributed by atoms with Crippen LogP contribution in [0.1, 0.15) is 44.1 Å². The van der Waals surface area contributed by atoms with Gasteiger partial charge in [0.2, 0.25) is 0 Å². The number of hydrogen-bond acceptors (Lipinski definition) is 3. The topological polar surface area (TPSA) is 43.4 Å². The summed E-state index contributed by atoms with van der Waals surface area (Å²) in [7, 11) is 1.58. The molecule has 1 aromatic rings. The maximum atomic E-state index is 12.6. The second-order valence-electron chi connectivity index (χ2n) is 6.52. The fraction of sp³-hybridized carbons (Fsp3) is 0.500. The number of benzene rings is 1. The first-order valence-electron chi connectivity index (χ1n) is 8.33. The third-order valence-corrected chi connectivity index (χ3v) is 5.26. The number of carbonyl (C=O) groups excluding carboxylic acids is 2. The Labute approximate surface area is 137 Å². The normalized spacial score (nSPS) is 28.5. The minimum absolute atomic E-state index is 0.140. The van der Waals surface area contributed by atoms with Crippen molar-refractivity contribution >= 4 is 11.6 Å². The highest BCUT2D eigenvalue weighted by atomic mass is 16.5. The van der Waals surface area contributed by atoms with Gasteiger partial charge in [0, 0.05) is 30.9 Å². The number of methoxy groups -OCH3 is 1. The average molecular weight is 310 g/mol. The Morgan fingerprint density at radius 3 is 2.43 bits per heavy atom. The van der Waals surface area contributed by atoms with Gasteiger partial charge in [-0.25, -0.2) is 0 Å². The Hall–Kier alpha value is -1.92. The Morgan fingerprint density at radius 1 is 1.13 bits per heavy atom. The third kappa shape index (κ3) is 2.96. The van der Waals surface area contributed by atoms with Crippen LogP contribution in [-0.4, -0.2) is 24.8 Å². The summed E-state index contributed by atoms with van der Waals surface area (Å²) < 4.78 is 5.57. The molecule has 0 aliphatic heterocycles. The van der Waals surface area contributed by atoms with Crippen molar-refractivity contribution < 1.29 is 14.3 Å². The summed E-state index contributed by atoms with van der Waals surface area (Å²) >= 11 is 0. The van der Waals surface area contributed by atoms with Crippen molar-refractivity contribution in [2.75, 3.05) is 7.11 Å². The van der Waals surface area contributed by atoms with E-state index in [1.165, 1.54) is 0 Å². The van der Waals surface area contributed by atoms with Crippen molar-refractivity contribution in [3.63, 3.8) is 0 Å². The molecule has 0 N–H and O–H groups in total. The molecule has 3 heteroatoms. The van der Waals surface area contributed by atoms with Gasteiger partial charge < -0.3 is 4.74 Å². The van der Waals surface area contributed by atoms with Crippen LogP contribution in [-0.2, 0) is 14.3 Å². The number of ether oxygens (including phenoxy) is 1. The fourth-order valence-electron chi connectivity index (χ4n) is 4.16. The maximum Gasteiger partial charge on any atom is 0.140 e. The van der Waals surface area contributed by atoms with Gasteiger partial charge >= 0.3 is 0 Å². The highest BCUT2D eigenvalue weighted by Gasteiger charge is 2.55. The second kappa shape index (κ2) is 6.68. The van der Waals surface area contributed by atoms with Crippen LogP contribution in [0.3, 0.4) is 0 Å². The molecule has 3 nitrogen and oxygen atoms in total. The summed E-state index contributed by atoms with van der Waals surface area (Å²) in [6, 6.07) is 9.66. The lowest BCUT2D eigenvalue weighted by Gasteiger charge is -2.41. The Morgan fingerprint density at radius 2 is 1.83 bits per heavy atom. The summed E-state index contributed by atoms with van der Waals surface area (Å²) in [5.41, 5.74) is 0.367. The van der Waals surface area contributed by atoms with Crippen LogP contribution >= 0.6 is 0 Å². The molecule has 0 aromatic heterocycles. The van der Waals surface area contributed by atoms with Gasteiger partial charge in [-0.1, -0.05) is 30.0 Å². The Balaban J connectivity index is 1.93. The number of carbonyl (C=O) groups is 2. The van der Waals surface area contributed by atoms with Crippen molar-refractivity contribution in [1.82, 2.24) is 0 Å². The second-order valence-corrected chi connectivity index (χ2v) is 6.52. The molecular formula is C20H22O3. The van der Waals surface area contributed by atoms with Crippen molar-refractivity contribution in [3.8, 4) is 11.8 Å². The Bertz CT molecular complexity index is 652. The summed E-state index contributed by atoms with van der Waals surface area (Å²) in [4.78, 5) is 25.2. The minimum atomic E-state index is -0.526. The van der Waals surface area contributed by atoms with E-state index in [0.717, 1.165) is 31.2 Å². The molecule has 0 radical (unpaired) electrons. The van der Waals surface area contributed by atoms with Crippen LogP contribution < -0.4 is 0 Å². The number of rotatable bonds is 2. The maximum absolute atomic E-state index is 12.6. The Kier molecular flexibility index (Phi) is 4.63.